The quantitative estimate of drug-likeness (QED) is 0.308. The molecule has 7 heteroatoms. The monoisotopic (exact) mass is 466 g/mol. The van der Waals surface area contributed by atoms with Crippen LogP contribution >= 0.6 is 11.8 Å². The normalized spacial score (nSPS) is 15.7. The Bertz CT molecular complexity index is 1110. The van der Waals surface area contributed by atoms with Crippen molar-refractivity contribution in [1.29, 1.82) is 0 Å². The first-order valence-electron chi connectivity index (χ1n) is 11.4. The zero-order valence-corrected chi connectivity index (χ0v) is 20.3. The van der Waals surface area contributed by atoms with Crippen LogP contribution in [-0.2, 0) is 5.75 Å². The van der Waals surface area contributed by atoms with Crippen molar-refractivity contribution in [2.75, 3.05) is 26.7 Å². The Balaban J connectivity index is 1.59. The predicted octanol–water partition coefficient (Wildman–Crippen LogP) is 5.85. The van der Waals surface area contributed by atoms with Gasteiger partial charge in [-0.15, -0.1) is 10.2 Å². The highest BCUT2D eigenvalue weighted by molar-refractivity contribution is 7.98. The smallest absolute Gasteiger partial charge is 0.196 e. The lowest BCUT2D eigenvalue weighted by molar-refractivity contribution is 0.223. The number of nitrogens with zero attached hydrogens (tertiary/aromatic N) is 4. The zero-order valence-electron chi connectivity index (χ0n) is 19.5. The summed E-state index contributed by atoms with van der Waals surface area (Å²) in [5.41, 5.74) is 3.32. The molecule has 0 spiro atoms. The van der Waals surface area contributed by atoms with Crippen molar-refractivity contribution < 1.29 is 9.13 Å². The molecule has 1 fully saturated rings. The van der Waals surface area contributed by atoms with E-state index in [0.717, 1.165) is 60.5 Å². The predicted molar refractivity (Wildman–Crippen MR) is 132 cm³/mol. The van der Waals surface area contributed by atoms with E-state index in [0.29, 0.717) is 11.7 Å². The summed E-state index contributed by atoms with van der Waals surface area (Å²) in [5.74, 6) is 2.54. The van der Waals surface area contributed by atoms with E-state index in [1.807, 2.05) is 24.3 Å². The molecule has 0 N–H and O–H groups in total. The first-order valence-corrected chi connectivity index (χ1v) is 12.4. The first-order chi connectivity index (χ1) is 16.1. The highest BCUT2D eigenvalue weighted by atomic mass is 32.2. The minimum absolute atomic E-state index is 0.219. The summed E-state index contributed by atoms with van der Waals surface area (Å²) in [5, 5.41) is 10.0. The summed E-state index contributed by atoms with van der Waals surface area (Å²) < 4.78 is 21.3. The largest absolute Gasteiger partial charge is 0.497 e. The fraction of sp³-hybridized carbons (Fsp3) is 0.385. The molecule has 1 aliphatic rings. The van der Waals surface area contributed by atoms with Crippen molar-refractivity contribution in [3.8, 4) is 11.4 Å². The van der Waals surface area contributed by atoms with Gasteiger partial charge in [-0.05, 0) is 69.6 Å². The molecule has 0 radical (unpaired) electrons. The van der Waals surface area contributed by atoms with E-state index in [1.165, 1.54) is 11.6 Å². The molecule has 5 nitrogen and oxygen atoms in total. The minimum Gasteiger partial charge on any atom is -0.497 e. The van der Waals surface area contributed by atoms with E-state index in [1.54, 1.807) is 31.0 Å². The van der Waals surface area contributed by atoms with Gasteiger partial charge in [-0.3, -0.25) is 9.47 Å². The standard InChI is InChI=1S/C26H31FN4OS/c1-4-19(2)17-30-13-11-21(12-14-30)25-28-29-26(33-18-20-7-5-8-22(27)15-20)31(25)23-9-6-10-24(16-23)32-3/h4-10,15-16,21H,11-14,17-18H2,1-3H3/b19-4+. The molecule has 1 aliphatic heterocycles. The summed E-state index contributed by atoms with van der Waals surface area (Å²) in [4.78, 5) is 2.51. The number of aromatic nitrogens is 3. The second-order valence-corrected chi connectivity index (χ2v) is 9.42. The van der Waals surface area contributed by atoms with Crippen LogP contribution in [0.25, 0.3) is 5.69 Å². The van der Waals surface area contributed by atoms with Crippen molar-refractivity contribution in [3.05, 3.63) is 77.4 Å². The van der Waals surface area contributed by atoms with Gasteiger partial charge in [0.25, 0.3) is 0 Å². The molecule has 1 saturated heterocycles. The van der Waals surface area contributed by atoms with Crippen molar-refractivity contribution in [2.45, 2.75) is 43.5 Å². The van der Waals surface area contributed by atoms with Gasteiger partial charge in [0, 0.05) is 24.3 Å². The van der Waals surface area contributed by atoms with Crippen LogP contribution in [0.5, 0.6) is 5.75 Å². The Morgan fingerprint density at radius 2 is 1.94 bits per heavy atom. The topological polar surface area (TPSA) is 43.2 Å². The van der Waals surface area contributed by atoms with Crippen LogP contribution < -0.4 is 4.74 Å². The van der Waals surface area contributed by atoms with E-state index < -0.39 is 0 Å². The molecule has 0 amide bonds. The van der Waals surface area contributed by atoms with Gasteiger partial charge < -0.3 is 4.74 Å². The maximum absolute atomic E-state index is 13.6. The number of benzene rings is 2. The highest BCUT2D eigenvalue weighted by Gasteiger charge is 2.27. The van der Waals surface area contributed by atoms with Crippen molar-refractivity contribution in [1.82, 2.24) is 19.7 Å². The third-order valence-corrected chi connectivity index (χ3v) is 7.15. The average molecular weight is 467 g/mol. The fourth-order valence-corrected chi connectivity index (χ4v) is 5.10. The van der Waals surface area contributed by atoms with Crippen molar-refractivity contribution in [3.63, 3.8) is 0 Å². The molecule has 0 saturated carbocycles. The van der Waals surface area contributed by atoms with Gasteiger partial charge >= 0.3 is 0 Å². The second-order valence-electron chi connectivity index (χ2n) is 8.48. The number of ether oxygens (including phenoxy) is 1. The minimum atomic E-state index is -0.219. The number of allylic oxidation sites excluding steroid dienone is 1. The molecule has 0 aliphatic carbocycles. The lowest BCUT2D eigenvalue weighted by Gasteiger charge is -2.31. The SMILES string of the molecule is C/C=C(\C)CN1CCC(c2nnc(SCc3cccc(F)c3)n2-c2cccc(OC)c2)CC1. The molecule has 2 aromatic carbocycles. The lowest BCUT2D eigenvalue weighted by Crippen LogP contribution is -2.34. The molecule has 33 heavy (non-hydrogen) atoms. The summed E-state index contributed by atoms with van der Waals surface area (Å²) >= 11 is 1.58. The fourth-order valence-electron chi connectivity index (χ4n) is 4.20. The maximum Gasteiger partial charge on any atom is 0.196 e. The summed E-state index contributed by atoms with van der Waals surface area (Å²) in [7, 11) is 1.67. The second kappa shape index (κ2) is 11.0. The van der Waals surface area contributed by atoms with Crippen LogP contribution in [0.2, 0.25) is 0 Å². The number of rotatable bonds is 8. The number of thioether (sulfide) groups is 1. The highest BCUT2D eigenvalue weighted by Crippen LogP contribution is 2.33. The Kier molecular flexibility index (Phi) is 7.83. The number of hydrogen-bond donors (Lipinski definition) is 0. The maximum atomic E-state index is 13.6. The van der Waals surface area contributed by atoms with Gasteiger partial charge in [-0.1, -0.05) is 41.6 Å². The Morgan fingerprint density at radius 1 is 1.15 bits per heavy atom. The van der Waals surface area contributed by atoms with Gasteiger partial charge in [0.2, 0.25) is 0 Å². The molecule has 0 atom stereocenters. The van der Waals surface area contributed by atoms with E-state index in [-0.39, 0.29) is 5.82 Å². The van der Waals surface area contributed by atoms with E-state index >= 15 is 0 Å². The lowest BCUT2D eigenvalue weighted by atomic mass is 9.95. The van der Waals surface area contributed by atoms with Crippen molar-refractivity contribution >= 4 is 11.8 Å². The van der Waals surface area contributed by atoms with E-state index in [2.05, 4.69) is 45.7 Å². The molecule has 1 aromatic heterocycles. The van der Waals surface area contributed by atoms with Gasteiger partial charge in [-0.25, -0.2) is 4.39 Å². The molecular formula is C26H31FN4OS. The Labute approximate surface area is 199 Å². The summed E-state index contributed by atoms with van der Waals surface area (Å²) in [6.07, 6.45) is 4.29. The molecular weight excluding hydrogens is 435 g/mol. The third kappa shape index (κ3) is 5.84. The van der Waals surface area contributed by atoms with Gasteiger partial charge in [0.1, 0.15) is 17.4 Å². The summed E-state index contributed by atoms with van der Waals surface area (Å²) in [6.45, 7) is 7.41. The van der Waals surface area contributed by atoms with E-state index in [4.69, 9.17) is 4.74 Å². The van der Waals surface area contributed by atoms with Gasteiger partial charge in [0.15, 0.2) is 5.16 Å². The van der Waals surface area contributed by atoms with Crippen LogP contribution in [0.3, 0.4) is 0 Å². The number of piperidine rings is 1. The third-order valence-electron chi connectivity index (χ3n) is 6.15. The van der Waals surface area contributed by atoms with E-state index in [9.17, 15) is 4.39 Å². The van der Waals surface area contributed by atoms with Crippen molar-refractivity contribution in [2.24, 2.45) is 0 Å². The Hall–Kier alpha value is -2.64. The number of hydrogen-bond acceptors (Lipinski definition) is 5. The van der Waals surface area contributed by atoms with Crippen LogP contribution in [0.4, 0.5) is 4.39 Å². The van der Waals surface area contributed by atoms with Gasteiger partial charge in [0.05, 0.1) is 12.8 Å². The van der Waals surface area contributed by atoms with Crippen LogP contribution in [0.15, 0.2) is 65.3 Å². The number of halogens is 1. The van der Waals surface area contributed by atoms with Crippen LogP contribution in [0.1, 0.15) is 44.0 Å². The number of methoxy groups -OCH3 is 1. The Morgan fingerprint density at radius 3 is 2.67 bits per heavy atom. The first kappa shape index (κ1) is 23.5. The molecule has 2 heterocycles. The molecule has 4 rings (SSSR count). The van der Waals surface area contributed by atoms with Gasteiger partial charge in [-0.2, -0.15) is 0 Å². The molecule has 174 valence electrons. The average Bonchev–Trinajstić information content (AvgIpc) is 3.27. The van der Waals surface area contributed by atoms with Crippen LogP contribution in [0, 0.1) is 5.82 Å². The zero-order chi connectivity index (χ0) is 23.2. The molecule has 3 aromatic rings. The number of likely N-dealkylation sites (tertiary alicyclic amines) is 1. The molecule has 0 bridgehead atoms. The molecule has 0 unspecified atom stereocenters. The summed E-state index contributed by atoms with van der Waals surface area (Å²) in [6, 6.07) is 14.7. The van der Waals surface area contributed by atoms with Crippen LogP contribution in [-0.4, -0.2) is 46.4 Å².